The van der Waals surface area contributed by atoms with Gasteiger partial charge in [-0.05, 0) is 34.5 Å². The Morgan fingerprint density at radius 3 is 2.73 bits per heavy atom. The van der Waals surface area contributed by atoms with Crippen molar-refractivity contribution < 1.29 is 18.3 Å². The van der Waals surface area contributed by atoms with Crippen LogP contribution in [0.1, 0.15) is 11.7 Å². The van der Waals surface area contributed by atoms with E-state index in [0.29, 0.717) is 0 Å². The molecule has 0 saturated heterocycles. The van der Waals surface area contributed by atoms with E-state index < -0.39 is 16.1 Å². The molecule has 0 aliphatic rings. The largest absolute Gasteiger partial charge is 0.394 e. The molecule has 0 saturated carbocycles. The molecule has 0 aliphatic carbocycles. The van der Waals surface area contributed by atoms with Crippen LogP contribution < -0.4 is 4.72 Å². The van der Waals surface area contributed by atoms with Crippen molar-refractivity contribution in [3.63, 3.8) is 0 Å². The molecule has 2 rings (SSSR count). The Hall–Kier alpha value is -0.960. The highest BCUT2D eigenvalue weighted by atomic mass is 35.5. The summed E-state index contributed by atoms with van der Waals surface area (Å²) in [5, 5.41) is 12.8. The SMILES string of the molecule is O=S(=O)(NCC(OCCO)c1ccsc1)c1ccccc1Cl. The first-order chi connectivity index (χ1) is 10.5. The van der Waals surface area contributed by atoms with Gasteiger partial charge in [-0.2, -0.15) is 11.3 Å². The van der Waals surface area contributed by atoms with Gasteiger partial charge in [-0.3, -0.25) is 0 Å². The Kier molecular flexibility index (Phi) is 6.37. The van der Waals surface area contributed by atoms with Gasteiger partial charge in [0.25, 0.3) is 0 Å². The van der Waals surface area contributed by atoms with Gasteiger partial charge >= 0.3 is 0 Å². The molecule has 0 amide bonds. The van der Waals surface area contributed by atoms with Crippen LogP contribution in [-0.4, -0.2) is 33.3 Å². The van der Waals surface area contributed by atoms with E-state index in [0.717, 1.165) is 5.56 Å². The Bertz CT molecular complexity index is 689. The minimum atomic E-state index is -3.72. The van der Waals surface area contributed by atoms with E-state index in [-0.39, 0.29) is 29.7 Å². The highest BCUT2D eigenvalue weighted by molar-refractivity contribution is 7.89. The molecular weight excluding hydrogens is 346 g/mol. The van der Waals surface area contributed by atoms with Gasteiger partial charge in [0.15, 0.2) is 0 Å². The highest BCUT2D eigenvalue weighted by Gasteiger charge is 2.20. The molecule has 0 radical (unpaired) electrons. The molecule has 2 aromatic rings. The zero-order valence-electron chi connectivity index (χ0n) is 11.6. The lowest BCUT2D eigenvalue weighted by molar-refractivity contribution is 0.0311. The van der Waals surface area contributed by atoms with E-state index in [1.165, 1.54) is 23.5 Å². The fraction of sp³-hybridized carbons (Fsp3) is 0.286. The number of rotatable bonds is 8. The van der Waals surface area contributed by atoms with E-state index in [9.17, 15) is 8.42 Å². The third-order valence-corrected chi connectivity index (χ3v) is 5.54. The van der Waals surface area contributed by atoms with Crippen LogP contribution in [0.5, 0.6) is 0 Å². The zero-order valence-corrected chi connectivity index (χ0v) is 14.0. The average molecular weight is 362 g/mol. The maximum absolute atomic E-state index is 12.3. The van der Waals surface area contributed by atoms with Crippen LogP contribution in [0.4, 0.5) is 0 Å². The molecule has 1 aromatic heterocycles. The second kappa shape index (κ2) is 8.05. The fourth-order valence-electron chi connectivity index (χ4n) is 1.85. The fourth-order valence-corrected chi connectivity index (χ4v) is 4.10. The molecule has 1 atom stereocenters. The number of halogens is 1. The Balaban J connectivity index is 2.10. The van der Waals surface area contributed by atoms with E-state index in [1.807, 2.05) is 16.8 Å². The van der Waals surface area contributed by atoms with Crippen LogP contribution in [0, 0.1) is 0 Å². The summed E-state index contributed by atoms with van der Waals surface area (Å²) in [6.07, 6.45) is -0.462. The van der Waals surface area contributed by atoms with Crippen LogP contribution >= 0.6 is 22.9 Å². The Labute approximate surface area is 138 Å². The molecule has 1 aromatic carbocycles. The number of sulfonamides is 1. The summed E-state index contributed by atoms with van der Waals surface area (Å²) in [6.45, 7) is 0.0660. The number of hydrogen-bond donors (Lipinski definition) is 2. The molecule has 22 heavy (non-hydrogen) atoms. The third kappa shape index (κ3) is 4.52. The van der Waals surface area contributed by atoms with Crippen LogP contribution in [0.15, 0.2) is 46.0 Å². The van der Waals surface area contributed by atoms with Gasteiger partial charge in [0.2, 0.25) is 10.0 Å². The molecular formula is C14H16ClNO4S2. The number of benzene rings is 1. The van der Waals surface area contributed by atoms with Crippen LogP contribution in [-0.2, 0) is 14.8 Å². The van der Waals surface area contributed by atoms with Crippen LogP contribution in [0.3, 0.4) is 0 Å². The number of hydrogen-bond acceptors (Lipinski definition) is 5. The van der Waals surface area contributed by atoms with Gasteiger partial charge in [0.05, 0.1) is 24.3 Å². The van der Waals surface area contributed by atoms with Crippen molar-refractivity contribution in [2.45, 2.75) is 11.0 Å². The number of aliphatic hydroxyl groups excluding tert-OH is 1. The van der Waals surface area contributed by atoms with Crippen molar-refractivity contribution in [2.75, 3.05) is 19.8 Å². The van der Waals surface area contributed by atoms with Crippen LogP contribution in [0.2, 0.25) is 5.02 Å². The summed E-state index contributed by atoms with van der Waals surface area (Å²) in [5.41, 5.74) is 0.861. The number of aliphatic hydroxyl groups is 1. The maximum Gasteiger partial charge on any atom is 0.242 e. The summed E-state index contributed by atoms with van der Waals surface area (Å²) in [6, 6.07) is 8.10. The summed E-state index contributed by atoms with van der Waals surface area (Å²) < 4.78 is 32.6. The molecule has 0 spiro atoms. The van der Waals surface area contributed by atoms with Crippen molar-refractivity contribution in [3.8, 4) is 0 Å². The first-order valence-electron chi connectivity index (χ1n) is 6.53. The predicted octanol–water partition coefficient (Wildman–Crippen LogP) is 2.43. The maximum atomic E-state index is 12.3. The van der Waals surface area contributed by atoms with Crippen molar-refractivity contribution >= 4 is 33.0 Å². The lowest BCUT2D eigenvalue weighted by Gasteiger charge is -2.17. The minimum Gasteiger partial charge on any atom is -0.394 e. The van der Waals surface area contributed by atoms with Gasteiger partial charge in [0, 0.05) is 6.54 Å². The normalized spacial score (nSPS) is 13.2. The number of ether oxygens (including phenoxy) is 1. The molecule has 5 nitrogen and oxygen atoms in total. The van der Waals surface area contributed by atoms with Crippen LogP contribution in [0.25, 0.3) is 0 Å². The third-order valence-electron chi connectivity index (χ3n) is 2.91. The highest BCUT2D eigenvalue weighted by Crippen LogP contribution is 2.23. The second-order valence-corrected chi connectivity index (χ2v) is 7.34. The number of nitrogens with one attached hydrogen (secondary N) is 1. The first kappa shape index (κ1) is 17.4. The van der Waals surface area contributed by atoms with E-state index in [1.54, 1.807) is 12.1 Å². The van der Waals surface area contributed by atoms with Crippen molar-refractivity contribution in [2.24, 2.45) is 0 Å². The smallest absolute Gasteiger partial charge is 0.242 e. The van der Waals surface area contributed by atoms with Gasteiger partial charge in [-0.25, -0.2) is 13.1 Å². The van der Waals surface area contributed by atoms with Crippen molar-refractivity contribution in [1.82, 2.24) is 4.72 Å². The molecule has 1 unspecified atom stereocenters. The lowest BCUT2D eigenvalue weighted by atomic mass is 10.2. The van der Waals surface area contributed by atoms with Gasteiger partial charge < -0.3 is 9.84 Å². The van der Waals surface area contributed by atoms with Crippen molar-refractivity contribution in [1.29, 1.82) is 0 Å². The molecule has 0 fully saturated rings. The van der Waals surface area contributed by atoms with Gasteiger partial charge in [0.1, 0.15) is 4.90 Å². The average Bonchev–Trinajstić information content (AvgIpc) is 3.02. The molecule has 0 bridgehead atoms. The summed E-state index contributed by atoms with van der Waals surface area (Å²) in [5.74, 6) is 0. The lowest BCUT2D eigenvalue weighted by Crippen LogP contribution is -2.30. The minimum absolute atomic E-state index is 0.0305. The van der Waals surface area contributed by atoms with E-state index in [4.69, 9.17) is 21.4 Å². The second-order valence-electron chi connectivity index (χ2n) is 4.42. The van der Waals surface area contributed by atoms with Gasteiger partial charge in [-0.1, -0.05) is 23.7 Å². The standard InChI is InChI=1S/C14H16ClNO4S2/c15-12-3-1-2-4-14(12)22(18,19)16-9-13(20-7-6-17)11-5-8-21-10-11/h1-5,8,10,13,16-17H,6-7,9H2. The molecule has 1 heterocycles. The molecule has 120 valence electrons. The Morgan fingerprint density at radius 2 is 2.09 bits per heavy atom. The monoisotopic (exact) mass is 361 g/mol. The topological polar surface area (TPSA) is 75.6 Å². The van der Waals surface area contributed by atoms with E-state index in [2.05, 4.69) is 4.72 Å². The number of thiophene rings is 1. The zero-order chi connectivity index (χ0) is 16.0. The predicted molar refractivity (Wildman–Crippen MR) is 86.7 cm³/mol. The molecule has 0 aliphatic heterocycles. The first-order valence-corrected chi connectivity index (χ1v) is 9.34. The summed E-state index contributed by atoms with van der Waals surface area (Å²) in [4.78, 5) is 0.0305. The molecule has 8 heteroatoms. The van der Waals surface area contributed by atoms with E-state index >= 15 is 0 Å². The van der Waals surface area contributed by atoms with Crippen molar-refractivity contribution in [3.05, 3.63) is 51.7 Å². The van der Waals surface area contributed by atoms with Gasteiger partial charge in [-0.15, -0.1) is 0 Å². The molecule has 2 N–H and O–H groups in total. The summed E-state index contributed by atoms with van der Waals surface area (Å²) in [7, 11) is -3.72. The quantitative estimate of drug-likeness (QED) is 0.757. The Morgan fingerprint density at radius 1 is 1.32 bits per heavy atom. The summed E-state index contributed by atoms with van der Waals surface area (Å²) >= 11 is 7.42.